The first-order chi connectivity index (χ1) is 10.8. The summed E-state index contributed by atoms with van der Waals surface area (Å²) in [5.41, 5.74) is 1.10. The molecule has 1 aromatic carbocycles. The molecule has 0 aliphatic carbocycles. The Morgan fingerprint density at radius 1 is 1.23 bits per heavy atom. The minimum Gasteiger partial charge on any atom is -0.480 e. The van der Waals surface area contributed by atoms with Crippen LogP contribution >= 0.6 is 0 Å². The van der Waals surface area contributed by atoms with Gasteiger partial charge in [0.15, 0.2) is 6.10 Å². The van der Waals surface area contributed by atoms with Crippen LogP contribution in [0.2, 0.25) is 0 Å². The van der Waals surface area contributed by atoms with Gasteiger partial charge in [0.1, 0.15) is 5.75 Å². The predicted octanol–water partition coefficient (Wildman–Crippen LogP) is 3.80. The Morgan fingerprint density at radius 3 is 2.73 bits per heavy atom. The van der Waals surface area contributed by atoms with Crippen LogP contribution in [-0.2, 0) is 4.74 Å². The van der Waals surface area contributed by atoms with E-state index in [2.05, 4.69) is 17.1 Å². The van der Waals surface area contributed by atoms with Crippen LogP contribution in [0.4, 0.5) is 0 Å². The van der Waals surface area contributed by atoms with Crippen LogP contribution in [0.15, 0.2) is 28.7 Å². The van der Waals surface area contributed by atoms with Gasteiger partial charge >= 0.3 is 0 Å². The van der Waals surface area contributed by atoms with E-state index in [0.717, 1.165) is 43.8 Å². The molecule has 0 radical (unpaired) electrons. The van der Waals surface area contributed by atoms with Crippen LogP contribution in [0.5, 0.6) is 5.75 Å². The Hall–Kier alpha value is -1.88. The third kappa shape index (κ3) is 3.30. The number of aryl methyl sites for hydroxylation is 1. The number of rotatable bonds is 5. The number of nitrogens with zero attached hydrogens (tertiary/aromatic N) is 2. The quantitative estimate of drug-likeness (QED) is 0.840. The maximum atomic E-state index is 6.06. The second-order valence-corrected chi connectivity index (χ2v) is 5.65. The standard InChI is InChI=1S/C17H22N2O3/c1-3-14(21-15-7-5-4-6-12(15)2)17-19-18-16(22-17)13-8-10-20-11-9-13/h4-7,13-14H,3,8-11H2,1-2H3. The van der Waals surface area contributed by atoms with E-state index in [1.54, 1.807) is 0 Å². The molecule has 0 N–H and O–H groups in total. The molecule has 22 heavy (non-hydrogen) atoms. The summed E-state index contributed by atoms with van der Waals surface area (Å²) in [5, 5.41) is 8.43. The molecular weight excluding hydrogens is 280 g/mol. The Morgan fingerprint density at radius 2 is 2.00 bits per heavy atom. The highest BCUT2D eigenvalue weighted by Crippen LogP contribution is 2.30. The summed E-state index contributed by atoms with van der Waals surface area (Å²) in [6.07, 6.45) is 2.46. The molecule has 0 amide bonds. The Kier molecular flexibility index (Phi) is 4.73. The molecule has 3 rings (SSSR count). The average molecular weight is 302 g/mol. The molecule has 0 saturated carbocycles. The number of para-hydroxylation sites is 1. The van der Waals surface area contributed by atoms with Crippen LogP contribution in [0, 0.1) is 6.92 Å². The third-order valence-electron chi connectivity index (χ3n) is 4.04. The van der Waals surface area contributed by atoms with Gasteiger partial charge in [0, 0.05) is 19.1 Å². The predicted molar refractivity (Wildman–Crippen MR) is 81.9 cm³/mol. The number of ether oxygens (including phenoxy) is 2. The lowest BCUT2D eigenvalue weighted by atomic mass is 10.0. The van der Waals surface area contributed by atoms with Gasteiger partial charge in [-0.15, -0.1) is 10.2 Å². The van der Waals surface area contributed by atoms with Gasteiger partial charge in [0.05, 0.1) is 0 Å². The highest BCUT2D eigenvalue weighted by atomic mass is 16.5. The Balaban J connectivity index is 1.73. The van der Waals surface area contributed by atoms with Gasteiger partial charge < -0.3 is 13.9 Å². The molecule has 1 atom stereocenters. The first kappa shape index (κ1) is 15.0. The van der Waals surface area contributed by atoms with E-state index in [0.29, 0.717) is 17.7 Å². The van der Waals surface area contributed by atoms with E-state index in [1.165, 1.54) is 0 Å². The van der Waals surface area contributed by atoms with Crippen LogP contribution in [0.3, 0.4) is 0 Å². The van der Waals surface area contributed by atoms with Crippen molar-refractivity contribution in [2.24, 2.45) is 0 Å². The van der Waals surface area contributed by atoms with Gasteiger partial charge in [-0.25, -0.2) is 0 Å². The molecule has 0 bridgehead atoms. The molecule has 1 aliphatic heterocycles. The fraction of sp³-hybridized carbons (Fsp3) is 0.529. The minimum absolute atomic E-state index is 0.206. The van der Waals surface area contributed by atoms with Gasteiger partial charge in [0.2, 0.25) is 5.89 Å². The van der Waals surface area contributed by atoms with E-state index in [1.807, 2.05) is 31.2 Å². The van der Waals surface area contributed by atoms with Crippen molar-refractivity contribution in [2.45, 2.75) is 45.1 Å². The first-order valence-electron chi connectivity index (χ1n) is 7.91. The Bertz CT molecular complexity index is 605. The molecule has 5 heteroatoms. The lowest BCUT2D eigenvalue weighted by Gasteiger charge is -2.18. The first-order valence-corrected chi connectivity index (χ1v) is 7.91. The van der Waals surface area contributed by atoms with Crippen molar-refractivity contribution in [2.75, 3.05) is 13.2 Å². The lowest BCUT2D eigenvalue weighted by Crippen LogP contribution is -2.14. The summed E-state index contributed by atoms with van der Waals surface area (Å²) in [4.78, 5) is 0. The molecule has 0 spiro atoms. The van der Waals surface area contributed by atoms with E-state index in [9.17, 15) is 0 Å². The SMILES string of the molecule is CCC(Oc1ccccc1C)c1nnc(C2CCOCC2)o1. The van der Waals surface area contributed by atoms with Gasteiger partial charge in [0.25, 0.3) is 5.89 Å². The maximum Gasteiger partial charge on any atom is 0.256 e. The van der Waals surface area contributed by atoms with Gasteiger partial charge in [-0.1, -0.05) is 25.1 Å². The van der Waals surface area contributed by atoms with Crippen molar-refractivity contribution < 1.29 is 13.9 Å². The number of hydrogen-bond donors (Lipinski definition) is 0. The Labute approximate surface area is 130 Å². The molecule has 1 unspecified atom stereocenters. The summed E-state index contributed by atoms with van der Waals surface area (Å²) in [7, 11) is 0. The van der Waals surface area contributed by atoms with Crippen LogP contribution < -0.4 is 4.74 Å². The van der Waals surface area contributed by atoms with E-state index >= 15 is 0 Å². The molecule has 1 fully saturated rings. The summed E-state index contributed by atoms with van der Waals surface area (Å²) in [6, 6.07) is 7.96. The lowest BCUT2D eigenvalue weighted by molar-refractivity contribution is 0.0778. The largest absolute Gasteiger partial charge is 0.480 e. The number of aromatic nitrogens is 2. The van der Waals surface area contributed by atoms with Crippen LogP contribution in [-0.4, -0.2) is 23.4 Å². The van der Waals surface area contributed by atoms with Gasteiger partial charge in [-0.2, -0.15) is 0 Å². The second kappa shape index (κ2) is 6.92. The normalized spacial score (nSPS) is 17.4. The van der Waals surface area contributed by atoms with E-state index in [4.69, 9.17) is 13.9 Å². The number of hydrogen-bond acceptors (Lipinski definition) is 5. The molecule has 1 aliphatic rings. The molecular formula is C17H22N2O3. The molecule has 1 aromatic heterocycles. The van der Waals surface area contributed by atoms with E-state index < -0.39 is 0 Å². The zero-order valence-electron chi connectivity index (χ0n) is 13.1. The van der Waals surface area contributed by atoms with E-state index in [-0.39, 0.29) is 6.10 Å². The van der Waals surface area contributed by atoms with Crippen molar-refractivity contribution >= 4 is 0 Å². The van der Waals surface area contributed by atoms with Crippen molar-refractivity contribution in [1.82, 2.24) is 10.2 Å². The minimum atomic E-state index is -0.206. The number of benzene rings is 1. The van der Waals surface area contributed by atoms with Gasteiger partial charge in [-0.05, 0) is 37.8 Å². The van der Waals surface area contributed by atoms with Gasteiger partial charge in [-0.3, -0.25) is 0 Å². The summed E-state index contributed by atoms with van der Waals surface area (Å²) < 4.78 is 17.3. The van der Waals surface area contributed by atoms with Crippen molar-refractivity contribution in [1.29, 1.82) is 0 Å². The molecule has 5 nitrogen and oxygen atoms in total. The van der Waals surface area contributed by atoms with Crippen molar-refractivity contribution in [3.05, 3.63) is 41.6 Å². The fourth-order valence-electron chi connectivity index (χ4n) is 2.64. The summed E-state index contributed by atoms with van der Waals surface area (Å²) in [6.45, 7) is 5.61. The summed E-state index contributed by atoms with van der Waals surface area (Å²) in [5.74, 6) is 2.45. The molecule has 118 valence electrons. The van der Waals surface area contributed by atoms with Crippen molar-refractivity contribution in [3.8, 4) is 5.75 Å². The molecule has 2 heterocycles. The smallest absolute Gasteiger partial charge is 0.256 e. The highest BCUT2D eigenvalue weighted by Gasteiger charge is 2.25. The zero-order chi connectivity index (χ0) is 15.4. The van der Waals surface area contributed by atoms with Crippen LogP contribution in [0.1, 0.15) is 55.6 Å². The fourth-order valence-corrected chi connectivity index (χ4v) is 2.64. The third-order valence-corrected chi connectivity index (χ3v) is 4.04. The summed E-state index contributed by atoms with van der Waals surface area (Å²) >= 11 is 0. The van der Waals surface area contributed by atoms with Crippen LogP contribution in [0.25, 0.3) is 0 Å². The monoisotopic (exact) mass is 302 g/mol. The molecule has 1 saturated heterocycles. The maximum absolute atomic E-state index is 6.06. The highest BCUT2D eigenvalue weighted by molar-refractivity contribution is 5.32. The average Bonchev–Trinajstić information content (AvgIpc) is 3.05. The topological polar surface area (TPSA) is 57.4 Å². The zero-order valence-corrected chi connectivity index (χ0v) is 13.1. The second-order valence-electron chi connectivity index (χ2n) is 5.65. The molecule has 2 aromatic rings. The van der Waals surface area contributed by atoms with Crippen molar-refractivity contribution in [3.63, 3.8) is 0 Å².